The van der Waals surface area contributed by atoms with E-state index in [-0.39, 0.29) is 5.91 Å². The molecular formula is C22H25N5O2S. The van der Waals surface area contributed by atoms with Gasteiger partial charge in [0.05, 0.1) is 12.8 Å². The minimum absolute atomic E-state index is 0.225. The minimum atomic E-state index is 0.225. The molecule has 0 aliphatic carbocycles. The first-order chi connectivity index (χ1) is 14.7. The quantitative estimate of drug-likeness (QED) is 0.582. The molecule has 1 aliphatic heterocycles. The number of benzene rings is 1. The van der Waals surface area contributed by atoms with Crippen LogP contribution >= 0.6 is 11.3 Å². The largest absolute Gasteiger partial charge is 0.497 e. The van der Waals surface area contributed by atoms with Crippen LogP contribution in [0.5, 0.6) is 5.75 Å². The monoisotopic (exact) mass is 423 g/mol. The number of hydrogen-bond donors (Lipinski definition) is 0. The summed E-state index contributed by atoms with van der Waals surface area (Å²) in [5.41, 5.74) is 2.19. The number of carbonyl (C=O) groups is 1. The molecule has 0 N–H and O–H groups in total. The van der Waals surface area contributed by atoms with E-state index in [1.54, 1.807) is 36.9 Å². The van der Waals surface area contributed by atoms with Crippen LogP contribution in [0.2, 0.25) is 0 Å². The summed E-state index contributed by atoms with van der Waals surface area (Å²) in [4.78, 5) is 30.1. The summed E-state index contributed by atoms with van der Waals surface area (Å²) in [5, 5.41) is 2.91. The van der Waals surface area contributed by atoms with Gasteiger partial charge in [0.1, 0.15) is 5.75 Å². The second kappa shape index (κ2) is 9.77. The second-order valence-corrected chi connectivity index (χ2v) is 8.08. The smallest absolute Gasteiger partial charge is 0.222 e. The average molecular weight is 424 g/mol. The maximum absolute atomic E-state index is 12.6. The van der Waals surface area contributed by atoms with E-state index < -0.39 is 0 Å². The fourth-order valence-electron chi connectivity index (χ4n) is 3.48. The second-order valence-electron chi connectivity index (χ2n) is 7.22. The summed E-state index contributed by atoms with van der Waals surface area (Å²) in [7, 11) is 1.66. The van der Waals surface area contributed by atoms with Gasteiger partial charge in [-0.15, -0.1) is 11.3 Å². The van der Waals surface area contributed by atoms with Gasteiger partial charge in [0.25, 0.3) is 0 Å². The predicted molar refractivity (Wildman–Crippen MR) is 116 cm³/mol. The zero-order valence-corrected chi connectivity index (χ0v) is 17.8. The predicted octanol–water partition coefficient (Wildman–Crippen LogP) is 2.89. The first-order valence-corrected chi connectivity index (χ1v) is 10.9. The molecule has 0 spiro atoms. The van der Waals surface area contributed by atoms with Gasteiger partial charge in [0.15, 0.2) is 10.8 Å². The molecule has 0 bridgehead atoms. The number of aryl methyl sites for hydroxylation is 1. The Labute approximate surface area is 180 Å². The van der Waals surface area contributed by atoms with Crippen LogP contribution < -0.4 is 4.74 Å². The van der Waals surface area contributed by atoms with Crippen molar-refractivity contribution in [3.63, 3.8) is 0 Å². The standard InChI is InChI=1S/C22H25N5O2S/c1-29-19-6-3-17(4-7-19)5-8-20(28)27-13-11-26(12-14-27)15-18-16-30-22(25-18)21-23-9-2-10-24-21/h2-4,6-7,9-10,16H,5,8,11-15H2,1H3. The van der Waals surface area contributed by atoms with Gasteiger partial charge in [0.2, 0.25) is 5.91 Å². The summed E-state index contributed by atoms with van der Waals surface area (Å²) in [6.45, 7) is 4.05. The number of thiazole rings is 1. The van der Waals surface area contributed by atoms with Crippen LogP contribution in [0, 0.1) is 0 Å². The molecule has 30 heavy (non-hydrogen) atoms. The van der Waals surface area contributed by atoms with Gasteiger partial charge in [-0.25, -0.2) is 15.0 Å². The van der Waals surface area contributed by atoms with Crippen LogP contribution in [-0.4, -0.2) is 63.9 Å². The van der Waals surface area contributed by atoms with E-state index in [9.17, 15) is 4.79 Å². The van der Waals surface area contributed by atoms with Gasteiger partial charge in [-0.2, -0.15) is 0 Å². The van der Waals surface area contributed by atoms with Crippen LogP contribution in [-0.2, 0) is 17.8 Å². The lowest BCUT2D eigenvalue weighted by Crippen LogP contribution is -2.48. The van der Waals surface area contributed by atoms with E-state index in [2.05, 4.69) is 25.2 Å². The van der Waals surface area contributed by atoms with Crippen molar-refractivity contribution in [3.05, 3.63) is 59.4 Å². The minimum Gasteiger partial charge on any atom is -0.497 e. The summed E-state index contributed by atoms with van der Waals surface area (Å²) >= 11 is 1.57. The third-order valence-electron chi connectivity index (χ3n) is 5.21. The maximum atomic E-state index is 12.6. The Kier molecular flexibility index (Phi) is 6.66. The SMILES string of the molecule is COc1ccc(CCC(=O)N2CCN(Cc3csc(-c4ncccn4)n3)CC2)cc1. The molecule has 4 rings (SSSR count). The summed E-state index contributed by atoms with van der Waals surface area (Å²) < 4.78 is 5.18. The first kappa shape index (κ1) is 20.4. The molecule has 0 radical (unpaired) electrons. The van der Waals surface area contributed by atoms with Crippen LogP contribution in [0.15, 0.2) is 48.1 Å². The van der Waals surface area contributed by atoms with Gasteiger partial charge in [0, 0.05) is 56.9 Å². The van der Waals surface area contributed by atoms with Crippen LogP contribution in [0.3, 0.4) is 0 Å². The molecule has 7 nitrogen and oxygen atoms in total. The Morgan fingerprint density at radius 3 is 2.53 bits per heavy atom. The van der Waals surface area contributed by atoms with Crippen molar-refractivity contribution in [2.24, 2.45) is 0 Å². The van der Waals surface area contributed by atoms with Crippen molar-refractivity contribution in [3.8, 4) is 16.6 Å². The van der Waals surface area contributed by atoms with Crippen molar-refractivity contribution in [1.29, 1.82) is 0 Å². The number of methoxy groups -OCH3 is 1. The summed E-state index contributed by atoms with van der Waals surface area (Å²) in [5.74, 6) is 1.73. The maximum Gasteiger partial charge on any atom is 0.222 e. The lowest BCUT2D eigenvalue weighted by molar-refractivity contribution is -0.133. The molecule has 1 aliphatic rings. The fourth-order valence-corrected chi connectivity index (χ4v) is 4.23. The van der Waals surface area contributed by atoms with Crippen molar-refractivity contribution < 1.29 is 9.53 Å². The molecule has 0 atom stereocenters. The lowest BCUT2D eigenvalue weighted by atomic mass is 10.1. The summed E-state index contributed by atoms with van der Waals surface area (Å²) in [6, 6.07) is 9.72. The van der Waals surface area contributed by atoms with E-state index in [4.69, 9.17) is 4.74 Å². The highest BCUT2D eigenvalue weighted by atomic mass is 32.1. The van der Waals surface area contributed by atoms with E-state index >= 15 is 0 Å². The van der Waals surface area contributed by atoms with Crippen LogP contribution in [0.25, 0.3) is 10.8 Å². The molecule has 0 saturated carbocycles. The highest BCUT2D eigenvalue weighted by Crippen LogP contribution is 2.21. The molecule has 156 valence electrons. The number of piperazine rings is 1. The first-order valence-electron chi connectivity index (χ1n) is 10.1. The van der Waals surface area contributed by atoms with Crippen LogP contribution in [0.4, 0.5) is 0 Å². The van der Waals surface area contributed by atoms with Crippen LogP contribution in [0.1, 0.15) is 17.7 Å². The number of ether oxygens (including phenoxy) is 1. The third kappa shape index (κ3) is 5.20. The van der Waals surface area contributed by atoms with E-state index in [1.807, 2.05) is 29.2 Å². The Morgan fingerprint density at radius 2 is 1.83 bits per heavy atom. The third-order valence-corrected chi connectivity index (χ3v) is 6.09. The number of aromatic nitrogens is 3. The molecule has 1 amide bonds. The average Bonchev–Trinajstić information content (AvgIpc) is 3.27. The van der Waals surface area contributed by atoms with E-state index in [0.29, 0.717) is 12.2 Å². The number of nitrogens with zero attached hydrogens (tertiary/aromatic N) is 5. The molecule has 1 aromatic carbocycles. The number of carbonyl (C=O) groups excluding carboxylic acids is 1. The molecule has 8 heteroatoms. The van der Waals surface area contributed by atoms with Gasteiger partial charge >= 0.3 is 0 Å². The molecule has 1 saturated heterocycles. The molecule has 3 aromatic rings. The number of hydrogen-bond acceptors (Lipinski definition) is 7. The van der Waals surface area contributed by atoms with Crippen molar-refractivity contribution in [2.75, 3.05) is 33.3 Å². The van der Waals surface area contributed by atoms with Gasteiger partial charge in [-0.3, -0.25) is 9.69 Å². The highest BCUT2D eigenvalue weighted by Gasteiger charge is 2.21. The molecule has 1 fully saturated rings. The van der Waals surface area contributed by atoms with Gasteiger partial charge in [-0.05, 0) is 30.2 Å². The van der Waals surface area contributed by atoms with E-state index in [0.717, 1.165) is 61.2 Å². The van der Waals surface area contributed by atoms with Gasteiger partial charge < -0.3 is 9.64 Å². The molecule has 0 unspecified atom stereocenters. The molecule has 3 heterocycles. The Morgan fingerprint density at radius 1 is 1.10 bits per heavy atom. The normalized spacial score (nSPS) is 14.6. The molecule has 2 aromatic heterocycles. The van der Waals surface area contributed by atoms with Crippen molar-refractivity contribution >= 4 is 17.2 Å². The van der Waals surface area contributed by atoms with Crippen molar-refractivity contribution in [2.45, 2.75) is 19.4 Å². The number of amides is 1. The molecular weight excluding hydrogens is 398 g/mol. The zero-order chi connectivity index (χ0) is 20.8. The Balaban J connectivity index is 1.22. The summed E-state index contributed by atoms with van der Waals surface area (Å²) in [6.07, 6.45) is 4.76. The lowest BCUT2D eigenvalue weighted by Gasteiger charge is -2.34. The van der Waals surface area contributed by atoms with E-state index in [1.165, 1.54) is 0 Å². The highest BCUT2D eigenvalue weighted by molar-refractivity contribution is 7.13. The fraction of sp³-hybridized carbons (Fsp3) is 0.364. The Bertz CT molecular complexity index is 953. The zero-order valence-electron chi connectivity index (χ0n) is 17.0. The Hall–Kier alpha value is -2.84. The number of rotatable bonds is 7. The van der Waals surface area contributed by atoms with Gasteiger partial charge in [-0.1, -0.05) is 12.1 Å². The van der Waals surface area contributed by atoms with Crippen molar-refractivity contribution in [1.82, 2.24) is 24.8 Å². The topological polar surface area (TPSA) is 71.5 Å².